The first kappa shape index (κ1) is 17.7. The highest BCUT2D eigenvalue weighted by molar-refractivity contribution is 5.49. The second-order valence-corrected chi connectivity index (χ2v) is 7.01. The molecule has 0 atom stereocenters. The first-order valence-corrected chi connectivity index (χ1v) is 8.11. The lowest BCUT2D eigenvalue weighted by atomic mass is 9.95. The number of anilines is 1. The van der Waals surface area contributed by atoms with Crippen LogP contribution in [0.5, 0.6) is 0 Å². The third kappa shape index (κ3) is 5.20. The largest absolute Gasteiger partial charge is 0.352 e. The van der Waals surface area contributed by atoms with Gasteiger partial charge in [-0.15, -0.1) is 0 Å². The molecule has 1 heterocycles. The minimum absolute atomic E-state index is 0.114. The molecule has 0 N–H and O–H groups in total. The SMILES string of the molecule is C/C=C/c1ccc(CN(CC(C)(C)C)c2ccnc(C#N)n2)cc1. The second kappa shape index (κ2) is 7.74. The van der Waals surface area contributed by atoms with Gasteiger partial charge in [0.1, 0.15) is 11.9 Å². The van der Waals surface area contributed by atoms with Gasteiger partial charge in [-0.2, -0.15) is 5.26 Å². The maximum Gasteiger partial charge on any atom is 0.234 e. The van der Waals surface area contributed by atoms with Crippen LogP contribution in [0.1, 0.15) is 44.6 Å². The zero-order valence-corrected chi connectivity index (χ0v) is 14.8. The minimum atomic E-state index is 0.114. The Kier molecular flexibility index (Phi) is 5.70. The topological polar surface area (TPSA) is 52.8 Å². The summed E-state index contributed by atoms with van der Waals surface area (Å²) in [6, 6.07) is 12.4. The highest BCUT2D eigenvalue weighted by Gasteiger charge is 2.18. The van der Waals surface area contributed by atoms with Crippen LogP contribution in [0, 0.1) is 16.7 Å². The molecule has 1 aromatic heterocycles. The summed E-state index contributed by atoms with van der Waals surface area (Å²) in [5, 5.41) is 9.05. The van der Waals surface area contributed by atoms with Crippen molar-refractivity contribution in [3.63, 3.8) is 0 Å². The summed E-state index contributed by atoms with van der Waals surface area (Å²) in [6.07, 6.45) is 5.76. The van der Waals surface area contributed by atoms with Crippen LogP contribution in [0.3, 0.4) is 0 Å². The van der Waals surface area contributed by atoms with Crippen molar-refractivity contribution < 1.29 is 0 Å². The van der Waals surface area contributed by atoms with E-state index in [1.807, 2.05) is 25.1 Å². The number of rotatable bonds is 5. The number of nitrogens with zero attached hydrogens (tertiary/aromatic N) is 4. The normalized spacial score (nSPS) is 11.5. The summed E-state index contributed by atoms with van der Waals surface area (Å²) < 4.78 is 0. The van der Waals surface area contributed by atoms with Crippen LogP contribution < -0.4 is 4.90 Å². The van der Waals surface area contributed by atoms with Crippen molar-refractivity contribution >= 4 is 11.9 Å². The highest BCUT2D eigenvalue weighted by Crippen LogP contribution is 2.22. The van der Waals surface area contributed by atoms with Crippen LogP contribution in [0.4, 0.5) is 5.82 Å². The van der Waals surface area contributed by atoms with Gasteiger partial charge in [-0.05, 0) is 29.5 Å². The molecule has 2 aromatic rings. The van der Waals surface area contributed by atoms with Gasteiger partial charge in [0.15, 0.2) is 0 Å². The third-order valence-electron chi connectivity index (χ3n) is 3.44. The van der Waals surface area contributed by atoms with E-state index in [0.717, 1.165) is 18.9 Å². The fourth-order valence-corrected chi connectivity index (χ4v) is 2.52. The molecule has 0 aliphatic rings. The summed E-state index contributed by atoms with van der Waals surface area (Å²) in [6.45, 7) is 10.2. The number of allylic oxidation sites excluding steroid dienone is 1. The van der Waals surface area contributed by atoms with Gasteiger partial charge in [0.25, 0.3) is 0 Å². The van der Waals surface area contributed by atoms with E-state index in [0.29, 0.717) is 0 Å². The van der Waals surface area contributed by atoms with E-state index in [-0.39, 0.29) is 11.2 Å². The zero-order valence-electron chi connectivity index (χ0n) is 14.8. The van der Waals surface area contributed by atoms with Crippen molar-refractivity contribution in [1.82, 2.24) is 9.97 Å². The molecule has 2 rings (SSSR count). The van der Waals surface area contributed by atoms with Crippen molar-refractivity contribution in [3.05, 3.63) is 59.6 Å². The fourth-order valence-electron chi connectivity index (χ4n) is 2.52. The lowest BCUT2D eigenvalue weighted by molar-refractivity contribution is 0.407. The minimum Gasteiger partial charge on any atom is -0.352 e. The Bertz CT molecular complexity index is 733. The molecule has 0 aliphatic carbocycles. The Labute approximate surface area is 144 Å². The van der Waals surface area contributed by atoms with E-state index in [2.05, 4.69) is 66.0 Å². The van der Waals surface area contributed by atoms with Gasteiger partial charge in [-0.3, -0.25) is 0 Å². The molecule has 4 nitrogen and oxygen atoms in total. The Hall–Kier alpha value is -2.67. The number of nitriles is 1. The Balaban J connectivity index is 2.27. The van der Waals surface area contributed by atoms with E-state index in [1.54, 1.807) is 6.20 Å². The first-order chi connectivity index (χ1) is 11.4. The van der Waals surface area contributed by atoms with Crippen LogP contribution >= 0.6 is 0 Å². The lowest BCUT2D eigenvalue weighted by Crippen LogP contribution is -2.33. The molecule has 0 unspecified atom stereocenters. The summed E-state index contributed by atoms with van der Waals surface area (Å²) >= 11 is 0. The molecule has 0 amide bonds. The Morgan fingerprint density at radius 1 is 1.17 bits per heavy atom. The summed E-state index contributed by atoms with van der Waals surface area (Å²) in [5.41, 5.74) is 2.52. The first-order valence-electron chi connectivity index (χ1n) is 8.11. The quantitative estimate of drug-likeness (QED) is 0.817. The Morgan fingerprint density at radius 2 is 1.88 bits per heavy atom. The van der Waals surface area contributed by atoms with Crippen molar-refractivity contribution in [2.75, 3.05) is 11.4 Å². The molecule has 0 saturated heterocycles. The zero-order chi connectivity index (χ0) is 17.6. The second-order valence-electron chi connectivity index (χ2n) is 7.01. The van der Waals surface area contributed by atoms with Gasteiger partial charge in [-0.25, -0.2) is 9.97 Å². The molecule has 1 aromatic carbocycles. The molecule has 0 aliphatic heterocycles. The van der Waals surface area contributed by atoms with E-state index in [9.17, 15) is 0 Å². The molecular weight excluding hydrogens is 296 g/mol. The van der Waals surface area contributed by atoms with Crippen LogP contribution in [-0.2, 0) is 6.54 Å². The molecule has 0 bridgehead atoms. The van der Waals surface area contributed by atoms with Crippen molar-refractivity contribution in [1.29, 1.82) is 5.26 Å². The van der Waals surface area contributed by atoms with Gasteiger partial charge in [-0.1, -0.05) is 57.2 Å². The maximum absolute atomic E-state index is 9.05. The predicted molar refractivity (Wildman–Crippen MR) is 98.4 cm³/mol. The molecule has 0 fully saturated rings. The Morgan fingerprint density at radius 3 is 2.46 bits per heavy atom. The average Bonchev–Trinajstić information content (AvgIpc) is 2.55. The van der Waals surface area contributed by atoms with Gasteiger partial charge >= 0.3 is 0 Å². The fraction of sp³-hybridized carbons (Fsp3) is 0.350. The van der Waals surface area contributed by atoms with Crippen molar-refractivity contribution in [2.24, 2.45) is 5.41 Å². The standard InChI is InChI=1S/C20H24N4/c1-5-6-16-7-9-17(10-8-16)14-24(15-20(2,3)4)19-11-12-22-18(13-21)23-19/h5-12H,14-15H2,1-4H3/b6-5+. The average molecular weight is 320 g/mol. The van der Waals surface area contributed by atoms with E-state index in [4.69, 9.17) is 5.26 Å². The van der Waals surface area contributed by atoms with Crippen LogP contribution in [-0.4, -0.2) is 16.5 Å². The lowest BCUT2D eigenvalue weighted by Gasteiger charge is -2.31. The van der Waals surface area contributed by atoms with E-state index >= 15 is 0 Å². The predicted octanol–water partition coefficient (Wildman–Crippen LogP) is 4.43. The summed E-state index contributed by atoms with van der Waals surface area (Å²) in [5.74, 6) is 0.990. The highest BCUT2D eigenvalue weighted by atomic mass is 15.2. The van der Waals surface area contributed by atoms with Crippen molar-refractivity contribution in [2.45, 2.75) is 34.2 Å². The molecule has 4 heteroatoms. The van der Waals surface area contributed by atoms with E-state index in [1.165, 1.54) is 11.1 Å². The molecule has 0 spiro atoms. The molecule has 0 saturated carbocycles. The molecule has 0 radical (unpaired) electrons. The summed E-state index contributed by atoms with van der Waals surface area (Å²) in [4.78, 5) is 10.5. The molecule has 24 heavy (non-hydrogen) atoms. The van der Waals surface area contributed by atoms with Gasteiger partial charge in [0.05, 0.1) is 0 Å². The molecular formula is C20H24N4. The van der Waals surface area contributed by atoms with Gasteiger partial charge < -0.3 is 4.90 Å². The van der Waals surface area contributed by atoms with Crippen LogP contribution in [0.2, 0.25) is 0 Å². The smallest absolute Gasteiger partial charge is 0.234 e. The van der Waals surface area contributed by atoms with Crippen LogP contribution in [0.15, 0.2) is 42.6 Å². The van der Waals surface area contributed by atoms with E-state index < -0.39 is 0 Å². The maximum atomic E-state index is 9.05. The van der Waals surface area contributed by atoms with Gasteiger partial charge in [0, 0.05) is 19.3 Å². The van der Waals surface area contributed by atoms with Crippen molar-refractivity contribution in [3.8, 4) is 6.07 Å². The number of hydrogen-bond acceptors (Lipinski definition) is 4. The number of benzene rings is 1. The number of aromatic nitrogens is 2. The summed E-state index contributed by atoms with van der Waals surface area (Å²) in [7, 11) is 0. The monoisotopic (exact) mass is 320 g/mol. The van der Waals surface area contributed by atoms with Crippen LogP contribution in [0.25, 0.3) is 6.08 Å². The number of hydrogen-bond donors (Lipinski definition) is 0. The third-order valence-corrected chi connectivity index (χ3v) is 3.44. The van der Waals surface area contributed by atoms with Gasteiger partial charge in [0.2, 0.25) is 5.82 Å². The molecule has 124 valence electrons.